The number of halogens is 3. The van der Waals surface area contributed by atoms with Gasteiger partial charge in [0, 0.05) is 25.8 Å². The Balaban J connectivity index is 2.61. The standard InChI is InChI=1S/C12H16F3NO/c1-12(2,17-3)4-5-16-11-7-9(14)8(13)6-10(11)15/h6-7,16H,4-5H2,1-3H3. The number of hydrogen-bond donors (Lipinski definition) is 1. The molecule has 2 nitrogen and oxygen atoms in total. The summed E-state index contributed by atoms with van der Waals surface area (Å²) in [7, 11) is 1.58. The number of ether oxygens (including phenoxy) is 1. The Morgan fingerprint density at radius 1 is 1.12 bits per heavy atom. The van der Waals surface area contributed by atoms with Crippen molar-refractivity contribution in [2.45, 2.75) is 25.9 Å². The van der Waals surface area contributed by atoms with E-state index in [2.05, 4.69) is 5.32 Å². The molecule has 1 rings (SSSR count). The molecule has 96 valence electrons. The molecule has 17 heavy (non-hydrogen) atoms. The summed E-state index contributed by atoms with van der Waals surface area (Å²) in [6.45, 7) is 4.18. The van der Waals surface area contributed by atoms with E-state index in [0.29, 0.717) is 19.0 Å². The molecule has 0 aliphatic carbocycles. The van der Waals surface area contributed by atoms with Crippen LogP contribution in [-0.2, 0) is 4.74 Å². The second-order valence-corrected chi connectivity index (χ2v) is 4.39. The van der Waals surface area contributed by atoms with Crippen molar-refractivity contribution in [3.63, 3.8) is 0 Å². The Hall–Kier alpha value is -1.23. The first-order chi connectivity index (χ1) is 7.85. The first-order valence-corrected chi connectivity index (χ1v) is 5.29. The normalized spacial score (nSPS) is 11.6. The van der Waals surface area contributed by atoms with Crippen molar-refractivity contribution in [2.24, 2.45) is 0 Å². The lowest BCUT2D eigenvalue weighted by atomic mass is 10.1. The summed E-state index contributed by atoms with van der Waals surface area (Å²) >= 11 is 0. The Bertz CT molecular complexity index is 394. The average molecular weight is 247 g/mol. The van der Waals surface area contributed by atoms with Gasteiger partial charge in [0.15, 0.2) is 11.6 Å². The van der Waals surface area contributed by atoms with E-state index in [0.717, 1.165) is 6.07 Å². The molecule has 1 aromatic carbocycles. The maximum atomic E-state index is 13.2. The van der Waals surface area contributed by atoms with Crippen molar-refractivity contribution in [3.8, 4) is 0 Å². The lowest BCUT2D eigenvalue weighted by Gasteiger charge is -2.23. The van der Waals surface area contributed by atoms with Crippen LogP contribution in [0.1, 0.15) is 20.3 Å². The molecule has 0 aliphatic rings. The van der Waals surface area contributed by atoms with Gasteiger partial charge in [-0.05, 0) is 20.3 Å². The third-order valence-corrected chi connectivity index (χ3v) is 2.61. The molecule has 1 aromatic rings. The van der Waals surface area contributed by atoms with Crippen LogP contribution in [0.25, 0.3) is 0 Å². The first-order valence-electron chi connectivity index (χ1n) is 5.29. The van der Waals surface area contributed by atoms with Crippen molar-refractivity contribution < 1.29 is 17.9 Å². The fourth-order valence-electron chi connectivity index (χ4n) is 1.26. The van der Waals surface area contributed by atoms with Gasteiger partial charge in [-0.3, -0.25) is 0 Å². The van der Waals surface area contributed by atoms with E-state index in [1.165, 1.54) is 0 Å². The van der Waals surface area contributed by atoms with Crippen LogP contribution in [0.2, 0.25) is 0 Å². The molecule has 0 aromatic heterocycles. The van der Waals surface area contributed by atoms with E-state index >= 15 is 0 Å². The summed E-state index contributed by atoms with van der Waals surface area (Å²) in [5, 5.41) is 2.71. The fourth-order valence-corrected chi connectivity index (χ4v) is 1.26. The second-order valence-electron chi connectivity index (χ2n) is 4.39. The predicted octanol–water partition coefficient (Wildman–Crippen LogP) is 3.33. The molecule has 0 atom stereocenters. The van der Waals surface area contributed by atoms with Crippen LogP contribution in [0.15, 0.2) is 12.1 Å². The number of hydrogen-bond acceptors (Lipinski definition) is 2. The van der Waals surface area contributed by atoms with E-state index in [1.54, 1.807) is 7.11 Å². The van der Waals surface area contributed by atoms with Gasteiger partial charge in [0.2, 0.25) is 0 Å². The van der Waals surface area contributed by atoms with Crippen LogP contribution >= 0.6 is 0 Å². The Kier molecular flexibility index (Phi) is 4.40. The molecule has 0 radical (unpaired) electrons. The Labute approximate surface area is 98.8 Å². The zero-order chi connectivity index (χ0) is 13.1. The first kappa shape index (κ1) is 13.8. The van der Waals surface area contributed by atoms with Crippen LogP contribution in [-0.4, -0.2) is 19.3 Å². The average Bonchev–Trinajstić information content (AvgIpc) is 2.25. The maximum Gasteiger partial charge on any atom is 0.161 e. The Morgan fingerprint density at radius 3 is 2.29 bits per heavy atom. The van der Waals surface area contributed by atoms with Gasteiger partial charge in [-0.1, -0.05) is 0 Å². The van der Waals surface area contributed by atoms with Gasteiger partial charge in [-0.25, -0.2) is 13.2 Å². The molecule has 0 bridgehead atoms. The molecular formula is C12H16F3NO. The van der Waals surface area contributed by atoms with Gasteiger partial charge in [0.25, 0.3) is 0 Å². The van der Waals surface area contributed by atoms with Crippen LogP contribution in [0.3, 0.4) is 0 Å². The van der Waals surface area contributed by atoms with Gasteiger partial charge in [-0.15, -0.1) is 0 Å². The minimum absolute atomic E-state index is 0.0456. The largest absolute Gasteiger partial charge is 0.382 e. The molecule has 0 saturated carbocycles. The second kappa shape index (κ2) is 5.40. The van der Waals surface area contributed by atoms with Crippen LogP contribution < -0.4 is 5.32 Å². The maximum absolute atomic E-state index is 13.2. The SMILES string of the molecule is COC(C)(C)CCNc1cc(F)c(F)cc1F. The molecule has 0 aliphatic heterocycles. The summed E-state index contributed by atoms with van der Waals surface area (Å²) in [6.07, 6.45) is 0.613. The molecule has 0 fully saturated rings. The molecule has 5 heteroatoms. The fraction of sp³-hybridized carbons (Fsp3) is 0.500. The smallest absolute Gasteiger partial charge is 0.161 e. The molecule has 0 heterocycles. The van der Waals surface area contributed by atoms with Gasteiger partial charge >= 0.3 is 0 Å². The summed E-state index contributed by atoms with van der Waals surface area (Å²) in [4.78, 5) is 0. The van der Waals surface area contributed by atoms with E-state index in [1.807, 2.05) is 13.8 Å². The highest BCUT2D eigenvalue weighted by Gasteiger charge is 2.16. The van der Waals surface area contributed by atoms with Gasteiger partial charge in [0.1, 0.15) is 5.82 Å². The van der Waals surface area contributed by atoms with Crippen molar-refractivity contribution in [1.29, 1.82) is 0 Å². The molecular weight excluding hydrogens is 231 g/mol. The number of nitrogens with one attached hydrogen (secondary N) is 1. The van der Waals surface area contributed by atoms with Crippen molar-refractivity contribution >= 4 is 5.69 Å². The minimum atomic E-state index is -1.19. The zero-order valence-corrected chi connectivity index (χ0v) is 10.1. The van der Waals surface area contributed by atoms with Gasteiger partial charge in [-0.2, -0.15) is 0 Å². The number of rotatable bonds is 5. The van der Waals surface area contributed by atoms with Gasteiger partial charge in [0.05, 0.1) is 11.3 Å². The molecule has 0 spiro atoms. The molecule has 0 saturated heterocycles. The van der Waals surface area contributed by atoms with E-state index in [9.17, 15) is 13.2 Å². The van der Waals surface area contributed by atoms with Crippen LogP contribution in [0.5, 0.6) is 0 Å². The number of benzene rings is 1. The van der Waals surface area contributed by atoms with E-state index in [-0.39, 0.29) is 11.3 Å². The number of anilines is 1. The number of methoxy groups -OCH3 is 1. The van der Waals surface area contributed by atoms with Gasteiger partial charge < -0.3 is 10.1 Å². The quantitative estimate of drug-likeness (QED) is 0.806. The lowest BCUT2D eigenvalue weighted by Crippen LogP contribution is -2.26. The molecule has 0 unspecified atom stereocenters. The summed E-state index contributed by atoms with van der Waals surface area (Å²) < 4.78 is 44.0. The summed E-state index contributed by atoms with van der Waals surface area (Å²) in [5.41, 5.74) is -0.391. The van der Waals surface area contributed by atoms with Crippen molar-refractivity contribution in [3.05, 3.63) is 29.6 Å². The summed E-state index contributed by atoms with van der Waals surface area (Å²) in [6, 6.07) is 1.34. The lowest BCUT2D eigenvalue weighted by molar-refractivity contribution is 0.0184. The highest BCUT2D eigenvalue weighted by molar-refractivity contribution is 5.45. The van der Waals surface area contributed by atoms with E-state index < -0.39 is 17.5 Å². The molecule has 1 N–H and O–H groups in total. The van der Waals surface area contributed by atoms with E-state index in [4.69, 9.17) is 4.74 Å². The molecule has 0 amide bonds. The topological polar surface area (TPSA) is 21.3 Å². The minimum Gasteiger partial charge on any atom is -0.382 e. The van der Waals surface area contributed by atoms with Crippen molar-refractivity contribution in [1.82, 2.24) is 0 Å². The van der Waals surface area contributed by atoms with Crippen molar-refractivity contribution in [2.75, 3.05) is 19.0 Å². The zero-order valence-electron chi connectivity index (χ0n) is 10.1. The monoisotopic (exact) mass is 247 g/mol. The summed E-state index contributed by atoms with van der Waals surface area (Å²) in [5.74, 6) is -3.07. The predicted molar refractivity (Wildman–Crippen MR) is 60.5 cm³/mol. The highest BCUT2D eigenvalue weighted by atomic mass is 19.2. The third kappa shape index (κ3) is 3.93. The Morgan fingerprint density at radius 2 is 1.71 bits per heavy atom. The highest BCUT2D eigenvalue weighted by Crippen LogP contribution is 2.19. The van der Waals surface area contributed by atoms with Crippen LogP contribution in [0, 0.1) is 17.5 Å². The third-order valence-electron chi connectivity index (χ3n) is 2.61. The van der Waals surface area contributed by atoms with Crippen LogP contribution in [0.4, 0.5) is 18.9 Å².